The van der Waals surface area contributed by atoms with E-state index >= 15 is 0 Å². The first-order valence-electron chi connectivity index (χ1n) is 6.40. The molecule has 6 heteroatoms. The lowest BCUT2D eigenvalue weighted by molar-refractivity contribution is -0.143. The van der Waals surface area contributed by atoms with Crippen LogP contribution in [-0.4, -0.2) is 35.5 Å². The summed E-state index contributed by atoms with van der Waals surface area (Å²) in [6, 6.07) is -0.927. The zero-order valence-electron chi connectivity index (χ0n) is 12.2. The Labute approximate surface area is 113 Å². The van der Waals surface area contributed by atoms with Crippen molar-refractivity contribution in [1.82, 2.24) is 10.6 Å². The maximum atomic E-state index is 11.6. The third-order valence-electron chi connectivity index (χ3n) is 2.89. The minimum Gasteiger partial charge on any atom is -0.480 e. The minimum atomic E-state index is -1.06. The minimum absolute atomic E-state index is 0.167. The number of aliphatic carboxylic acids is 1. The Morgan fingerprint density at radius 3 is 2.11 bits per heavy atom. The average Bonchev–Trinajstić information content (AvgIpc) is 2.30. The van der Waals surface area contributed by atoms with E-state index in [2.05, 4.69) is 10.6 Å². The number of hydrogen-bond donors (Lipinski definition) is 3. The summed E-state index contributed by atoms with van der Waals surface area (Å²) in [4.78, 5) is 34.2. The lowest BCUT2D eigenvalue weighted by atomic mass is 9.96. The zero-order valence-corrected chi connectivity index (χ0v) is 12.2. The Kier molecular flexibility index (Phi) is 6.52. The second kappa shape index (κ2) is 7.11. The standard InChI is InChI=1S/C13H24N2O4/c1-6-8(2)10(11(17)18)15-9(16)7-14-12(19)13(3,4)5/h8,10H,6-7H2,1-5H3,(H,14,19)(H,15,16)(H,17,18). The van der Waals surface area contributed by atoms with E-state index in [4.69, 9.17) is 5.11 Å². The smallest absolute Gasteiger partial charge is 0.326 e. The zero-order chi connectivity index (χ0) is 15.2. The van der Waals surface area contributed by atoms with E-state index in [9.17, 15) is 14.4 Å². The topological polar surface area (TPSA) is 95.5 Å². The van der Waals surface area contributed by atoms with Crippen molar-refractivity contribution in [3.63, 3.8) is 0 Å². The van der Waals surface area contributed by atoms with E-state index < -0.39 is 23.3 Å². The second-order valence-electron chi connectivity index (χ2n) is 5.70. The van der Waals surface area contributed by atoms with Gasteiger partial charge in [0, 0.05) is 5.41 Å². The molecule has 19 heavy (non-hydrogen) atoms. The van der Waals surface area contributed by atoms with Crippen LogP contribution in [0, 0.1) is 11.3 Å². The molecule has 0 aliphatic carbocycles. The van der Waals surface area contributed by atoms with E-state index in [0.717, 1.165) is 0 Å². The summed E-state index contributed by atoms with van der Waals surface area (Å²) in [5.41, 5.74) is -0.580. The van der Waals surface area contributed by atoms with Crippen LogP contribution in [0.1, 0.15) is 41.0 Å². The van der Waals surface area contributed by atoms with E-state index in [0.29, 0.717) is 6.42 Å². The maximum Gasteiger partial charge on any atom is 0.326 e. The summed E-state index contributed by atoms with van der Waals surface area (Å²) in [5.74, 6) is -1.98. The lowest BCUT2D eigenvalue weighted by Gasteiger charge is -2.21. The van der Waals surface area contributed by atoms with Gasteiger partial charge < -0.3 is 15.7 Å². The summed E-state index contributed by atoms with van der Waals surface area (Å²) >= 11 is 0. The van der Waals surface area contributed by atoms with Crippen LogP contribution in [0.4, 0.5) is 0 Å². The van der Waals surface area contributed by atoms with Gasteiger partial charge in [-0.2, -0.15) is 0 Å². The molecule has 2 amide bonds. The summed E-state index contributed by atoms with van der Waals surface area (Å²) in [7, 11) is 0. The van der Waals surface area contributed by atoms with Crippen LogP contribution in [-0.2, 0) is 14.4 Å². The fourth-order valence-electron chi connectivity index (χ4n) is 1.33. The van der Waals surface area contributed by atoms with Crippen molar-refractivity contribution < 1.29 is 19.5 Å². The van der Waals surface area contributed by atoms with Crippen molar-refractivity contribution in [3.8, 4) is 0 Å². The van der Waals surface area contributed by atoms with Gasteiger partial charge in [0.05, 0.1) is 6.54 Å². The molecule has 0 aromatic carbocycles. The molecule has 0 spiro atoms. The van der Waals surface area contributed by atoms with E-state index in [1.165, 1.54) is 0 Å². The predicted molar refractivity (Wildman–Crippen MR) is 71.5 cm³/mol. The van der Waals surface area contributed by atoms with Crippen molar-refractivity contribution in [3.05, 3.63) is 0 Å². The predicted octanol–water partition coefficient (Wildman–Crippen LogP) is 0.764. The van der Waals surface area contributed by atoms with Crippen LogP contribution >= 0.6 is 0 Å². The van der Waals surface area contributed by atoms with Gasteiger partial charge in [-0.05, 0) is 5.92 Å². The van der Waals surface area contributed by atoms with Crippen LogP contribution in [0.5, 0.6) is 0 Å². The molecule has 0 rings (SSSR count). The first kappa shape index (κ1) is 17.4. The fraction of sp³-hybridized carbons (Fsp3) is 0.769. The molecule has 0 aromatic rings. The molecule has 0 saturated carbocycles. The molecule has 0 radical (unpaired) electrons. The van der Waals surface area contributed by atoms with Gasteiger partial charge in [-0.3, -0.25) is 9.59 Å². The molecule has 0 aliphatic heterocycles. The highest BCUT2D eigenvalue weighted by molar-refractivity contribution is 5.89. The summed E-state index contributed by atoms with van der Waals surface area (Å²) in [6.07, 6.45) is 0.644. The van der Waals surface area contributed by atoms with Gasteiger partial charge in [-0.1, -0.05) is 41.0 Å². The highest BCUT2D eigenvalue weighted by atomic mass is 16.4. The average molecular weight is 272 g/mol. The SMILES string of the molecule is CCC(C)C(NC(=O)CNC(=O)C(C)(C)C)C(=O)O. The number of nitrogens with one attached hydrogen (secondary N) is 2. The molecule has 2 atom stereocenters. The monoisotopic (exact) mass is 272 g/mol. The Morgan fingerprint density at radius 2 is 1.74 bits per heavy atom. The van der Waals surface area contributed by atoms with Crippen LogP contribution in [0.3, 0.4) is 0 Å². The number of rotatable bonds is 6. The van der Waals surface area contributed by atoms with E-state index in [1.54, 1.807) is 27.7 Å². The molecule has 0 fully saturated rings. The van der Waals surface area contributed by atoms with Crippen LogP contribution < -0.4 is 10.6 Å². The van der Waals surface area contributed by atoms with Gasteiger partial charge in [0.2, 0.25) is 11.8 Å². The second-order valence-corrected chi connectivity index (χ2v) is 5.70. The van der Waals surface area contributed by atoms with Crippen LogP contribution in [0.15, 0.2) is 0 Å². The molecule has 0 saturated heterocycles. The fourth-order valence-corrected chi connectivity index (χ4v) is 1.33. The van der Waals surface area contributed by atoms with Gasteiger partial charge in [0.1, 0.15) is 6.04 Å². The molecule has 0 bridgehead atoms. The Bertz CT molecular complexity index is 347. The van der Waals surface area contributed by atoms with Gasteiger partial charge >= 0.3 is 5.97 Å². The molecule has 6 nitrogen and oxygen atoms in total. The number of carboxylic acids is 1. The summed E-state index contributed by atoms with van der Waals surface area (Å²) < 4.78 is 0. The van der Waals surface area contributed by atoms with Crippen molar-refractivity contribution in [2.45, 2.75) is 47.1 Å². The molecule has 0 aromatic heterocycles. The number of carbonyl (C=O) groups is 3. The van der Waals surface area contributed by atoms with Crippen molar-refractivity contribution >= 4 is 17.8 Å². The lowest BCUT2D eigenvalue weighted by Crippen LogP contribution is -2.49. The molecule has 0 heterocycles. The van der Waals surface area contributed by atoms with E-state index in [1.807, 2.05) is 6.92 Å². The normalized spacial score (nSPS) is 14.4. The summed E-state index contributed by atoms with van der Waals surface area (Å²) in [5, 5.41) is 13.9. The summed E-state index contributed by atoms with van der Waals surface area (Å²) in [6.45, 7) is 8.61. The third-order valence-corrected chi connectivity index (χ3v) is 2.89. The largest absolute Gasteiger partial charge is 0.480 e. The number of carboxylic acid groups (broad SMARTS) is 1. The Hall–Kier alpha value is -1.59. The van der Waals surface area contributed by atoms with Crippen LogP contribution in [0.2, 0.25) is 0 Å². The number of hydrogen-bond acceptors (Lipinski definition) is 3. The van der Waals surface area contributed by atoms with Gasteiger partial charge in [0.15, 0.2) is 0 Å². The highest BCUT2D eigenvalue weighted by Crippen LogP contribution is 2.12. The molecule has 2 unspecified atom stereocenters. The third kappa shape index (κ3) is 6.22. The van der Waals surface area contributed by atoms with E-state index in [-0.39, 0.29) is 18.4 Å². The molecular weight excluding hydrogens is 248 g/mol. The van der Waals surface area contributed by atoms with Crippen molar-refractivity contribution in [2.24, 2.45) is 11.3 Å². The maximum absolute atomic E-state index is 11.6. The van der Waals surface area contributed by atoms with Crippen LogP contribution in [0.25, 0.3) is 0 Å². The van der Waals surface area contributed by atoms with Gasteiger partial charge in [0.25, 0.3) is 0 Å². The number of carbonyl (C=O) groups excluding carboxylic acids is 2. The molecule has 0 aliphatic rings. The first-order valence-corrected chi connectivity index (χ1v) is 6.40. The van der Waals surface area contributed by atoms with Crippen molar-refractivity contribution in [1.29, 1.82) is 0 Å². The molecule has 3 N–H and O–H groups in total. The molecule has 110 valence electrons. The highest BCUT2D eigenvalue weighted by Gasteiger charge is 2.26. The number of amides is 2. The van der Waals surface area contributed by atoms with Gasteiger partial charge in [-0.15, -0.1) is 0 Å². The first-order chi connectivity index (χ1) is 8.59. The van der Waals surface area contributed by atoms with Gasteiger partial charge in [-0.25, -0.2) is 4.79 Å². The molecular formula is C13H24N2O4. The Balaban J connectivity index is 4.37. The van der Waals surface area contributed by atoms with Crippen molar-refractivity contribution in [2.75, 3.05) is 6.54 Å². The Morgan fingerprint density at radius 1 is 1.21 bits per heavy atom. The quantitative estimate of drug-likeness (QED) is 0.665.